The Morgan fingerprint density at radius 1 is 1.17 bits per heavy atom. The molecule has 30 heavy (non-hydrogen) atoms. The van der Waals surface area contributed by atoms with Gasteiger partial charge in [-0.25, -0.2) is 4.98 Å². The first kappa shape index (κ1) is 25.2. The van der Waals surface area contributed by atoms with Crippen LogP contribution in [-0.2, 0) is 11.3 Å². The van der Waals surface area contributed by atoms with Crippen molar-refractivity contribution in [3.63, 3.8) is 0 Å². The van der Waals surface area contributed by atoms with Crippen LogP contribution >= 0.6 is 24.0 Å². The molecule has 0 spiro atoms. The molecule has 2 unspecified atom stereocenters. The Labute approximate surface area is 199 Å². The van der Waals surface area contributed by atoms with Crippen molar-refractivity contribution in [3.05, 3.63) is 23.9 Å². The number of rotatable bonds is 6. The monoisotopic (exact) mass is 530 g/mol. The topological polar surface area (TPSA) is 67.8 Å². The van der Waals surface area contributed by atoms with Gasteiger partial charge < -0.3 is 20.1 Å². The number of hydrogen-bond donors (Lipinski definition) is 2. The first-order valence-corrected chi connectivity index (χ1v) is 11.1. The minimum Gasteiger partial charge on any atom is -0.474 e. The molecule has 3 rings (SSSR count). The fraction of sp³-hybridized carbons (Fsp3) is 0.739. The quantitative estimate of drug-likeness (QED) is 0.322. The third-order valence-corrected chi connectivity index (χ3v) is 5.90. The Balaban J connectivity index is 0.00000320. The number of halogens is 1. The van der Waals surface area contributed by atoms with Crippen molar-refractivity contribution >= 4 is 29.9 Å². The molecule has 0 amide bonds. The van der Waals surface area contributed by atoms with Gasteiger partial charge in [0, 0.05) is 44.9 Å². The highest BCUT2D eigenvalue weighted by Gasteiger charge is 2.35. The summed E-state index contributed by atoms with van der Waals surface area (Å²) in [6, 6.07) is 4.04. The van der Waals surface area contributed by atoms with E-state index in [0.717, 1.165) is 49.8 Å². The largest absolute Gasteiger partial charge is 0.474 e. The zero-order valence-corrected chi connectivity index (χ0v) is 21.3. The fourth-order valence-electron chi connectivity index (χ4n) is 4.41. The molecule has 1 saturated heterocycles. The minimum atomic E-state index is 0. The van der Waals surface area contributed by atoms with E-state index in [4.69, 9.17) is 9.47 Å². The molecule has 1 aliphatic heterocycles. The van der Waals surface area contributed by atoms with Crippen molar-refractivity contribution in [2.75, 3.05) is 20.2 Å². The first-order valence-electron chi connectivity index (χ1n) is 11.1. The maximum absolute atomic E-state index is 6.09. The Hall–Kier alpha value is -1.09. The molecule has 2 N–H and O–H groups in total. The van der Waals surface area contributed by atoms with E-state index in [1.54, 1.807) is 0 Å². The third-order valence-electron chi connectivity index (χ3n) is 5.90. The predicted molar refractivity (Wildman–Crippen MR) is 133 cm³/mol. The molecule has 2 heterocycles. The van der Waals surface area contributed by atoms with Gasteiger partial charge in [0.25, 0.3) is 0 Å². The molecule has 1 aromatic rings. The van der Waals surface area contributed by atoms with Gasteiger partial charge in [0.15, 0.2) is 5.96 Å². The predicted octanol–water partition coefficient (Wildman–Crippen LogP) is 4.53. The molecule has 2 aliphatic rings. The zero-order chi connectivity index (χ0) is 20.7. The summed E-state index contributed by atoms with van der Waals surface area (Å²) >= 11 is 0. The van der Waals surface area contributed by atoms with E-state index < -0.39 is 0 Å². The Morgan fingerprint density at radius 3 is 2.57 bits per heavy atom. The highest BCUT2D eigenvalue weighted by molar-refractivity contribution is 14.0. The lowest BCUT2D eigenvalue weighted by Crippen LogP contribution is -2.47. The van der Waals surface area contributed by atoms with Gasteiger partial charge in [-0.05, 0) is 49.5 Å². The van der Waals surface area contributed by atoms with Crippen molar-refractivity contribution < 1.29 is 9.47 Å². The summed E-state index contributed by atoms with van der Waals surface area (Å²) in [6.45, 7) is 9.20. The molecular formula is C23H39IN4O2. The highest BCUT2D eigenvalue weighted by atomic mass is 127. The average Bonchev–Trinajstić information content (AvgIpc) is 3.22. The maximum Gasteiger partial charge on any atom is 0.213 e. The van der Waals surface area contributed by atoms with E-state index in [0.29, 0.717) is 18.6 Å². The minimum absolute atomic E-state index is 0. The maximum atomic E-state index is 6.09. The lowest BCUT2D eigenvalue weighted by molar-refractivity contribution is -0.0835. The number of aliphatic imine (C=N–C) groups is 1. The number of nitrogens with zero attached hydrogens (tertiary/aromatic N) is 2. The SMILES string of the molecule is CN=C(NCc1ccc(OC2CCCC2)nc1)NCC1CCCOC1C(C)(C)C.I. The molecule has 6 nitrogen and oxygen atoms in total. The Bertz CT molecular complexity index is 654. The molecule has 0 bridgehead atoms. The van der Waals surface area contributed by atoms with Crippen LogP contribution in [0.5, 0.6) is 5.88 Å². The second kappa shape index (κ2) is 12.1. The van der Waals surface area contributed by atoms with Crippen molar-refractivity contribution in [3.8, 4) is 5.88 Å². The molecular weight excluding hydrogens is 491 g/mol. The molecule has 0 aromatic carbocycles. The van der Waals surface area contributed by atoms with Gasteiger partial charge >= 0.3 is 0 Å². The van der Waals surface area contributed by atoms with E-state index in [2.05, 4.69) is 47.4 Å². The molecule has 1 aromatic heterocycles. The summed E-state index contributed by atoms with van der Waals surface area (Å²) in [6.07, 6.45) is 9.65. The lowest BCUT2D eigenvalue weighted by atomic mass is 9.78. The van der Waals surface area contributed by atoms with E-state index in [9.17, 15) is 0 Å². The third kappa shape index (κ3) is 7.55. The van der Waals surface area contributed by atoms with Crippen LogP contribution < -0.4 is 15.4 Å². The smallest absolute Gasteiger partial charge is 0.213 e. The molecule has 2 fully saturated rings. The van der Waals surface area contributed by atoms with Crippen LogP contribution in [0.3, 0.4) is 0 Å². The van der Waals surface area contributed by atoms with E-state index in [1.165, 1.54) is 19.3 Å². The highest BCUT2D eigenvalue weighted by Crippen LogP contribution is 2.33. The lowest BCUT2D eigenvalue weighted by Gasteiger charge is -2.40. The number of pyridine rings is 1. The average molecular weight is 530 g/mol. The first-order chi connectivity index (χ1) is 14.0. The van der Waals surface area contributed by atoms with Crippen LogP contribution in [0.25, 0.3) is 0 Å². The van der Waals surface area contributed by atoms with E-state index in [-0.39, 0.29) is 35.5 Å². The summed E-state index contributed by atoms with van der Waals surface area (Å²) < 4.78 is 12.0. The van der Waals surface area contributed by atoms with Gasteiger partial charge in [-0.3, -0.25) is 4.99 Å². The molecule has 0 radical (unpaired) electrons. The number of nitrogens with one attached hydrogen (secondary N) is 2. The van der Waals surface area contributed by atoms with Crippen LogP contribution in [0, 0.1) is 11.3 Å². The second-order valence-corrected chi connectivity index (χ2v) is 9.40. The summed E-state index contributed by atoms with van der Waals surface area (Å²) in [7, 11) is 1.81. The summed E-state index contributed by atoms with van der Waals surface area (Å²) in [5, 5.41) is 6.87. The van der Waals surface area contributed by atoms with Crippen LogP contribution in [0.4, 0.5) is 0 Å². The van der Waals surface area contributed by atoms with E-state index in [1.807, 2.05) is 19.3 Å². The molecule has 7 heteroatoms. The van der Waals surface area contributed by atoms with Gasteiger partial charge in [-0.15, -0.1) is 24.0 Å². The standard InChI is InChI=1S/C23H38N4O2.HI/c1-23(2,3)21-18(8-7-13-28-21)16-27-22(24-4)26-15-17-11-12-20(25-14-17)29-19-9-5-6-10-19;/h11-12,14,18-19,21H,5-10,13,15-16H2,1-4H3,(H2,24,26,27);1H. The van der Waals surface area contributed by atoms with Gasteiger partial charge in [0.05, 0.1) is 6.10 Å². The summed E-state index contributed by atoms with van der Waals surface area (Å²) in [4.78, 5) is 8.83. The number of ether oxygens (including phenoxy) is 2. The van der Waals surface area contributed by atoms with Gasteiger partial charge in [-0.2, -0.15) is 0 Å². The zero-order valence-electron chi connectivity index (χ0n) is 18.9. The summed E-state index contributed by atoms with van der Waals surface area (Å²) in [5.74, 6) is 2.04. The Morgan fingerprint density at radius 2 is 1.93 bits per heavy atom. The number of hydrogen-bond acceptors (Lipinski definition) is 4. The normalized spacial score (nSPS) is 23.0. The van der Waals surface area contributed by atoms with Crippen molar-refractivity contribution in [1.29, 1.82) is 0 Å². The molecule has 1 aliphatic carbocycles. The van der Waals surface area contributed by atoms with Crippen molar-refractivity contribution in [2.45, 2.75) is 78.0 Å². The van der Waals surface area contributed by atoms with Crippen LogP contribution in [0.1, 0.15) is 64.9 Å². The van der Waals surface area contributed by atoms with Crippen LogP contribution in [0.15, 0.2) is 23.3 Å². The van der Waals surface area contributed by atoms with Gasteiger partial charge in [0.2, 0.25) is 5.88 Å². The fourth-order valence-corrected chi connectivity index (χ4v) is 4.41. The molecule has 170 valence electrons. The van der Waals surface area contributed by atoms with Crippen molar-refractivity contribution in [1.82, 2.24) is 15.6 Å². The molecule has 1 saturated carbocycles. The molecule has 2 atom stereocenters. The summed E-state index contributed by atoms with van der Waals surface area (Å²) in [5.41, 5.74) is 1.26. The second-order valence-electron chi connectivity index (χ2n) is 9.40. The van der Waals surface area contributed by atoms with Crippen LogP contribution in [0.2, 0.25) is 0 Å². The number of aromatic nitrogens is 1. The van der Waals surface area contributed by atoms with Crippen LogP contribution in [-0.4, -0.2) is 43.4 Å². The number of guanidine groups is 1. The van der Waals surface area contributed by atoms with Crippen molar-refractivity contribution in [2.24, 2.45) is 16.3 Å². The van der Waals surface area contributed by atoms with Gasteiger partial charge in [-0.1, -0.05) is 26.8 Å². The van der Waals surface area contributed by atoms with E-state index >= 15 is 0 Å². The Kier molecular flexibility index (Phi) is 10.1. The van der Waals surface area contributed by atoms with Gasteiger partial charge in [0.1, 0.15) is 6.10 Å².